The lowest BCUT2D eigenvalue weighted by atomic mass is 9.86. The summed E-state index contributed by atoms with van der Waals surface area (Å²) in [6.07, 6.45) is 2.56. The first kappa shape index (κ1) is 12.2. The average molecular weight is 213 g/mol. The molecule has 86 valence electrons. The average Bonchev–Trinajstić information content (AvgIpc) is 2.26. The molecule has 1 N–H and O–H groups in total. The van der Waals surface area contributed by atoms with Gasteiger partial charge in [0.15, 0.2) is 0 Å². The van der Waals surface area contributed by atoms with Crippen molar-refractivity contribution in [2.75, 3.05) is 13.1 Å². The molecule has 0 amide bonds. The number of esters is 1. The van der Waals surface area contributed by atoms with Gasteiger partial charge >= 0.3 is 5.97 Å². The molecule has 0 spiro atoms. The highest BCUT2D eigenvalue weighted by Crippen LogP contribution is 2.24. The van der Waals surface area contributed by atoms with Crippen LogP contribution in [0, 0.1) is 11.8 Å². The Bertz CT molecular complexity index is 224. The van der Waals surface area contributed by atoms with E-state index >= 15 is 0 Å². The van der Waals surface area contributed by atoms with Crippen LogP contribution in [-0.4, -0.2) is 31.4 Å². The van der Waals surface area contributed by atoms with E-state index in [0.29, 0.717) is 5.92 Å². The standard InChI is InChI=1S/C11H19NO3/c1-8(7-13)11(15-9(2)14)10-3-5-12-6-4-10/h7-8,10-12H,3-6H2,1-2H3. The van der Waals surface area contributed by atoms with Gasteiger partial charge in [-0.3, -0.25) is 4.79 Å². The van der Waals surface area contributed by atoms with E-state index < -0.39 is 0 Å². The molecule has 1 rings (SSSR count). The third-order valence-electron chi connectivity index (χ3n) is 2.88. The molecule has 0 radical (unpaired) electrons. The van der Waals surface area contributed by atoms with Crippen molar-refractivity contribution in [3.63, 3.8) is 0 Å². The number of hydrogen-bond donors (Lipinski definition) is 1. The number of hydrogen-bond acceptors (Lipinski definition) is 4. The third-order valence-corrected chi connectivity index (χ3v) is 2.88. The Labute approximate surface area is 90.4 Å². The van der Waals surface area contributed by atoms with Gasteiger partial charge in [0.05, 0.1) is 0 Å². The van der Waals surface area contributed by atoms with Crippen molar-refractivity contribution < 1.29 is 14.3 Å². The molecule has 0 aromatic heterocycles. The summed E-state index contributed by atoms with van der Waals surface area (Å²) in [6.45, 7) is 5.08. The fourth-order valence-electron chi connectivity index (χ4n) is 2.07. The number of rotatable bonds is 4. The minimum absolute atomic E-state index is 0.211. The summed E-state index contributed by atoms with van der Waals surface area (Å²) in [7, 11) is 0. The molecule has 1 aliphatic rings. The van der Waals surface area contributed by atoms with Crippen LogP contribution in [0.1, 0.15) is 26.7 Å². The zero-order chi connectivity index (χ0) is 11.3. The van der Waals surface area contributed by atoms with Crippen LogP contribution in [0.15, 0.2) is 0 Å². The Morgan fingerprint density at radius 3 is 2.53 bits per heavy atom. The van der Waals surface area contributed by atoms with Gasteiger partial charge in [-0.2, -0.15) is 0 Å². The van der Waals surface area contributed by atoms with Gasteiger partial charge in [0.1, 0.15) is 12.4 Å². The van der Waals surface area contributed by atoms with Crippen LogP contribution in [-0.2, 0) is 14.3 Å². The largest absolute Gasteiger partial charge is 0.462 e. The molecule has 4 nitrogen and oxygen atoms in total. The van der Waals surface area contributed by atoms with E-state index in [1.54, 1.807) is 0 Å². The normalized spacial score (nSPS) is 21.7. The van der Waals surface area contributed by atoms with Crippen LogP contribution in [0.2, 0.25) is 0 Å². The smallest absolute Gasteiger partial charge is 0.302 e. The summed E-state index contributed by atoms with van der Waals surface area (Å²) in [4.78, 5) is 21.7. The summed E-state index contributed by atoms with van der Waals surface area (Å²) in [5.41, 5.74) is 0. The number of aldehydes is 1. The second-order valence-corrected chi connectivity index (χ2v) is 4.16. The summed E-state index contributed by atoms with van der Waals surface area (Å²) >= 11 is 0. The molecule has 0 aliphatic carbocycles. The van der Waals surface area contributed by atoms with Crippen molar-refractivity contribution >= 4 is 12.3 Å². The Kier molecular flexibility index (Phi) is 4.75. The van der Waals surface area contributed by atoms with Crippen molar-refractivity contribution in [2.24, 2.45) is 11.8 Å². The minimum atomic E-state index is -0.299. The Hall–Kier alpha value is -0.900. The lowest BCUT2D eigenvalue weighted by Gasteiger charge is -2.31. The third kappa shape index (κ3) is 3.63. The Balaban J connectivity index is 2.60. The van der Waals surface area contributed by atoms with Gasteiger partial charge in [0, 0.05) is 12.8 Å². The van der Waals surface area contributed by atoms with Crippen LogP contribution >= 0.6 is 0 Å². The molecule has 0 saturated carbocycles. The van der Waals surface area contributed by atoms with Crippen LogP contribution < -0.4 is 5.32 Å². The topological polar surface area (TPSA) is 55.4 Å². The molecular weight excluding hydrogens is 194 g/mol. The predicted molar refractivity (Wildman–Crippen MR) is 56.4 cm³/mol. The zero-order valence-electron chi connectivity index (χ0n) is 9.36. The van der Waals surface area contributed by atoms with E-state index in [9.17, 15) is 9.59 Å². The van der Waals surface area contributed by atoms with Crippen LogP contribution in [0.3, 0.4) is 0 Å². The summed E-state index contributed by atoms with van der Waals surface area (Å²) in [5.74, 6) is -0.195. The van der Waals surface area contributed by atoms with E-state index in [1.165, 1.54) is 6.92 Å². The van der Waals surface area contributed by atoms with Crippen LogP contribution in [0.5, 0.6) is 0 Å². The molecule has 2 unspecified atom stereocenters. The van der Waals surface area contributed by atoms with Gasteiger partial charge in [0.25, 0.3) is 0 Å². The summed E-state index contributed by atoms with van der Waals surface area (Å²) < 4.78 is 5.24. The molecule has 1 fully saturated rings. The zero-order valence-corrected chi connectivity index (χ0v) is 9.36. The molecule has 1 saturated heterocycles. The van der Waals surface area contributed by atoms with E-state index in [4.69, 9.17) is 4.74 Å². The van der Waals surface area contributed by atoms with Crippen molar-refractivity contribution in [1.29, 1.82) is 0 Å². The van der Waals surface area contributed by atoms with E-state index in [1.807, 2.05) is 6.92 Å². The molecule has 15 heavy (non-hydrogen) atoms. The van der Waals surface area contributed by atoms with Crippen LogP contribution in [0.25, 0.3) is 0 Å². The first-order chi connectivity index (χ1) is 7.15. The molecule has 1 aliphatic heterocycles. The fourth-order valence-corrected chi connectivity index (χ4v) is 2.07. The molecule has 4 heteroatoms. The fraction of sp³-hybridized carbons (Fsp3) is 0.818. The number of carbonyl (C=O) groups excluding carboxylic acids is 2. The van der Waals surface area contributed by atoms with Gasteiger partial charge in [-0.1, -0.05) is 6.92 Å². The summed E-state index contributed by atoms with van der Waals surface area (Å²) in [5, 5.41) is 3.25. The van der Waals surface area contributed by atoms with Gasteiger partial charge in [0.2, 0.25) is 0 Å². The molecule has 2 atom stereocenters. The monoisotopic (exact) mass is 213 g/mol. The highest BCUT2D eigenvalue weighted by Gasteiger charge is 2.30. The van der Waals surface area contributed by atoms with E-state index in [-0.39, 0.29) is 18.0 Å². The summed E-state index contributed by atoms with van der Waals surface area (Å²) in [6, 6.07) is 0. The molecular formula is C11H19NO3. The lowest BCUT2D eigenvalue weighted by Crippen LogP contribution is -2.39. The van der Waals surface area contributed by atoms with Gasteiger partial charge in [-0.15, -0.1) is 0 Å². The maximum absolute atomic E-state index is 11.0. The molecule has 1 heterocycles. The molecule has 0 aromatic rings. The van der Waals surface area contributed by atoms with Crippen molar-refractivity contribution in [3.05, 3.63) is 0 Å². The number of carbonyl (C=O) groups is 2. The SMILES string of the molecule is CC(=O)OC(C(C)C=O)C1CCNCC1. The lowest BCUT2D eigenvalue weighted by molar-refractivity contribution is -0.153. The van der Waals surface area contributed by atoms with Gasteiger partial charge < -0.3 is 14.8 Å². The second kappa shape index (κ2) is 5.85. The van der Waals surface area contributed by atoms with Gasteiger partial charge in [-0.25, -0.2) is 0 Å². The van der Waals surface area contributed by atoms with Gasteiger partial charge in [-0.05, 0) is 31.8 Å². The van der Waals surface area contributed by atoms with Crippen molar-refractivity contribution in [2.45, 2.75) is 32.8 Å². The van der Waals surface area contributed by atoms with Crippen LogP contribution in [0.4, 0.5) is 0 Å². The number of piperidine rings is 1. The first-order valence-electron chi connectivity index (χ1n) is 5.48. The Morgan fingerprint density at radius 2 is 2.07 bits per heavy atom. The predicted octanol–water partition coefficient (Wildman–Crippen LogP) is 0.753. The highest BCUT2D eigenvalue weighted by atomic mass is 16.5. The maximum Gasteiger partial charge on any atom is 0.302 e. The maximum atomic E-state index is 11.0. The minimum Gasteiger partial charge on any atom is -0.462 e. The van der Waals surface area contributed by atoms with Crippen molar-refractivity contribution in [1.82, 2.24) is 5.32 Å². The van der Waals surface area contributed by atoms with E-state index in [0.717, 1.165) is 32.2 Å². The number of nitrogens with one attached hydrogen (secondary N) is 1. The second-order valence-electron chi connectivity index (χ2n) is 4.16. The van der Waals surface area contributed by atoms with Crippen molar-refractivity contribution in [3.8, 4) is 0 Å². The molecule has 0 bridgehead atoms. The molecule has 0 aromatic carbocycles. The first-order valence-corrected chi connectivity index (χ1v) is 5.48. The Morgan fingerprint density at radius 1 is 1.47 bits per heavy atom. The highest BCUT2D eigenvalue weighted by molar-refractivity contribution is 5.67. The number of ether oxygens (including phenoxy) is 1. The van der Waals surface area contributed by atoms with E-state index in [2.05, 4.69) is 5.32 Å². The quantitative estimate of drug-likeness (QED) is 0.553.